The third kappa shape index (κ3) is 17.8. The predicted molar refractivity (Wildman–Crippen MR) is 93.6 cm³/mol. The van der Waals surface area contributed by atoms with Crippen molar-refractivity contribution < 1.29 is 14.3 Å². The third-order valence-electron chi connectivity index (χ3n) is 3.70. The van der Waals surface area contributed by atoms with Crippen LogP contribution in [-0.4, -0.2) is 31.7 Å². The highest BCUT2D eigenvalue weighted by molar-refractivity contribution is 6.17. The van der Waals surface area contributed by atoms with Gasteiger partial charge in [-0.2, -0.15) is 0 Å². The first kappa shape index (κ1) is 21.7. The molecule has 0 amide bonds. The average molecular weight is 335 g/mol. The Kier molecular flexibility index (Phi) is 18.5. The van der Waals surface area contributed by atoms with Crippen molar-refractivity contribution >= 4 is 17.6 Å². The summed E-state index contributed by atoms with van der Waals surface area (Å²) in [5.41, 5.74) is 0. The van der Waals surface area contributed by atoms with Gasteiger partial charge in [-0.05, 0) is 6.42 Å². The molecule has 0 aromatic heterocycles. The Bertz CT molecular complexity index is 234. The van der Waals surface area contributed by atoms with Crippen LogP contribution in [0.25, 0.3) is 0 Å². The Balaban J connectivity index is 3.10. The first-order valence-electron chi connectivity index (χ1n) is 9.10. The van der Waals surface area contributed by atoms with Crippen LogP contribution in [0.2, 0.25) is 0 Å². The van der Waals surface area contributed by atoms with Crippen molar-refractivity contribution in [1.29, 1.82) is 0 Å². The van der Waals surface area contributed by atoms with Gasteiger partial charge < -0.3 is 9.47 Å². The molecule has 132 valence electrons. The molecule has 0 radical (unpaired) electrons. The summed E-state index contributed by atoms with van der Waals surface area (Å²) in [5, 5.41) is 0. The Hall–Kier alpha value is -0.280. The number of ether oxygens (including phenoxy) is 2. The molecule has 0 unspecified atom stereocenters. The SMILES string of the molecule is CCCCCCCCCCCCCC(=O)OCCOCCCl. The number of rotatable bonds is 17. The zero-order valence-corrected chi connectivity index (χ0v) is 15.2. The summed E-state index contributed by atoms with van der Waals surface area (Å²) in [4.78, 5) is 11.4. The lowest BCUT2D eigenvalue weighted by Crippen LogP contribution is -2.11. The minimum Gasteiger partial charge on any atom is -0.463 e. The van der Waals surface area contributed by atoms with Crippen molar-refractivity contribution in [3.63, 3.8) is 0 Å². The number of hydrogen-bond acceptors (Lipinski definition) is 3. The lowest BCUT2D eigenvalue weighted by atomic mass is 10.1. The van der Waals surface area contributed by atoms with Gasteiger partial charge >= 0.3 is 5.97 Å². The van der Waals surface area contributed by atoms with E-state index in [9.17, 15) is 4.79 Å². The van der Waals surface area contributed by atoms with Gasteiger partial charge in [0.1, 0.15) is 6.61 Å². The molecular weight excluding hydrogens is 300 g/mol. The van der Waals surface area contributed by atoms with Crippen LogP contribution in [-0.2, 0) is 14.3 Å². The molecule has 0 bridgehead atoms. The molecule has 0 aromatic rings. The van der Waals surface area contributed by atoms with Gasteiger partial charge in [0.2, 0.25) is 0 Å². The first-order valence-corrected chi connectivity index (χ1v) is 9.64. The van der Waals surface area contributed by atoms with Crippen LogP contribution in [0.5, 0.6) is 0 Å². The van der Waals surface area contributed by atoms with E-state index in [1.54, 1.807) is 0 Å². The standard InChI is InChI=1S/C18H35ClO3/c1-2-3-4-5-6-7-8-9-10-11-12-13-18(20)22-17-16-21-15-14-19/h2-17H2,1H3. The Morgan fingerprint density at radius 2 is 1.32 bits per heavy atom. The summed E-state index contributed by atoms with van der Waals surface area (Å²) in [6.45, 7) is 3.55. The van der Waals surface area contributed by atoms with Crippen LogP contribution in [0, 0.1) is 0 Å². The largest absolute Gasteiger partial charge is 0.463 e. The molecule has 22 heavy (non-hydrogen) atoms. The normalized spacial score (nSPS) is 10.8. The van der Waals surface area contributed by atoms with E-state index < -0.39 is 0 Å². The first-order chi connectivity index (χ1) is 10.8. The molecule has 0 aliphatic heterocycles. The highest BCUT2D eigenvalue weighted by atomic mass is 35.5. The van der Waals surface area contributed by atoms with Crippen molar-refractivity contribution in [2.75, 3.05) is 25.7 Å². The minimum absolute atomic E-state index is 0.106. The van der Waals surface area contributed by atoms with Crippen molar-refractivity contribution in [3.8, 4) is 0 Å². The van der Waals surface area contributed by atoms with Gasteiger partial charge in [-0.25, -0.2) is 0 Å². The number of hydrogen-bond donors (Lipinski definition) is 0. The predicted octanol–water partition coefficient (Wildman–Crippen LogP) is 5.49. The molecule has 0 N–H and O–H groups in total. The lowest BCUT2D eigenvalue weighted by Gasteiger charge is -2.05. The fourth-order valence-electron chi connectivity index (χ4n) is 2.38. The third-order valence-corrected chi connectivity index (χ3v) is 3.85. The Morgan fingerprint density at radius 1 is 0.773 bits per heavy atom. The van der Waals surface area contributed by atoms with E-state index in [1.807, 2.05) is 0 Å². The maximum absolute atomic E-state index is 11.4. The molecule has 0 heterocycles. The topological polar surface area (TPSA) is 35.5 Å². The summed E-state index contributed by atoms with van der Waals surface area (Å²) in [5.74, 6) is 0.373. The molecule has 0 rings (SSSR count). The molecule has 3 nitrogen and oxygen atoms in total. The van der Waals surface area contributed by atoms with Gasteiger partial charge in [0.15, 0.2) is 0 Å². The van der Waals surface area contributed by atoms with Crippen LogP contribution in [0.15, 0.2) is 0 Å². The highest BCUT2D eigenvalue weighted by Crippen LogP contribution is 2.12. The van der Waals surface area contributed by atoms with Crippen LogP contribution < -0.4 is 0 Å². The number of unbranched alkanes of at least 4 members (excludes halogenated alkanes) is 10. The molecule has 0 saturated carbocycles. The van der Waals surface area contributed by atoms with Crippen LogP contribution >= 0.6 is 11.6 Å². The fraction of sp³-hybridized carbons (Fsp3) is 0.944. The molecule has 0 saturated heterocycles. The van der Waals surface area contributed by atoms with Gasteiger partial charge in [0, 0.05) is 12.3 Å². The van der Waals surface area contributed by atoms with E-state index in [-0.39, 0.29) is 5.97 Å². The number of halogens is 1. The lowest BCUT2D eigenvalue weighted by molar-refractivity contribution is -0.145. The quantitative estimate of drug-likeness (QED) is 0.200. The maximum atomic E-state index is 11.4. The van der Waals surface area contributed by atoms with Crippen molar-refractivity contribution in [3.05, 3.63) is 0 Å². The van der Waals surface area contributed by atoms with Crippen LogP contribution in [0.4, 0.5) is 0 Å². The summed E-state index contributed by atoms with van der Waals surface area (Å²) in [6, 6.07) is 0. The summed E-state index contributed by atoms with van der Waals surface area (Å²) >= 11 is 5.47. The van der Waals surface area contributed by atoms with Gasteiger partial charge in [-0.15, -0.1) is 11.6 Å². The second-order valence-corrected chi connectivity index (χ2v) is 6.19. The van der Waals surface area contributed by atoms with Gasteiger partial charge in [0.05, 0.1) is 13.2 Å². The van der Waals surface area contributed by atoms with E-state index in [1.165, 1.54) is 57.8 Å². The molecule has 0 fully saturated rings. The number of carbonyl (C=O) groups excluding carboxylic acids is 1. The van der Waals surface area contributed by atoms with Crippen molar-refractivity contribution in [1.82, 2.24) is 0 Å². The number of esters is 1. The molecule has 4 heteroatoms. The number of carbonyl (C=O) groups is 1. The van der Waals surface area contributed by atoms with Crippen LogP contribution in [0.3, 0.4) is 0 Å². The van der Waals surface area contributed by atoms with Crippen molar-refractivity contribution in [2.24, 2.45) is 0 Å². The van der Waals surface area contributed by atoms with E-state index in [0.717, 1.165) is 12.8 Å². The van der Waals surface area contributed by atoms with E-state index in [4.69, 9.17) is 21.1 Å². The van der Waals surface area contributed by atoms with Gasteiger partial charge in [-0.3, -0.25) is 4.79 Å². The van der Waals surface area contributed by atoms with E-state index in [0.29, 0.717) is 32.1 Å². The Labute approximate surface area is 142 Å². The molecule has 0 atom stereocenters. The maximum Gasteiger partial charge on any atom is 0.305 e. The van der Waals surface area contributed by atoms with Gasteiger partial charge in [0.25, 0.3) is 0 Å². The smallest absolute Gasteiger partial charge is 0.305 e. The van der Waals surface area contributed by atoms with E-state index >= 15 is 0 Å². The molecule has 0 spiro atoms. The zero-order valence-electron chi connectivity index (χ0n) is 14.4. The summed E-state index contributed by atoms with van der Waals surface area (Å²) < 4.78 is 10.2. The Morgan fingerprint density at radius 3 is 1.86 bits per heavy atom. The highest BCUT2D eigenvalue weighted by Gasteiger charge is 2.02. The van der Waals surface area contributed by atoms with Crippen molar-refractivity contribution in [2.45, 2.75) is 84.0 Å². The monoisotopic (exact) mass is 334 g/mol. The van der Waals surface area contributed by atoms with E-state index in [2.05, 4.69) is 6.92 Å². The molecule has 0 aromatic carbocycles. The van der Waals surface area contributed by atoms with Gasteiger partial charge in [-0.1, -0.05) is 71.1 Å². The fourth-order valence-corrected chi connectivity index (χ4v) is 2.49. The summed E-state index contributed by atoms with van der Waals surface area (Å²) in [6.07, 6.45) is 14.7. The average Bonchev–Trinajstić information content (AvgIpc) is 2.52. The molecule has 0 aliphatic carbocycles. The molecule has 0 aliphatic rings. The second kappa shape index (κ2) is 18.8. The minimum atomic E-state index is -0.106. The summed E-state index contributed by atoms with van der Waals surface area (Å²) in [7, 11) is 0. The molecular formula is C18H35ClO3. The number of alkyl halides is 1. The zero-order chi connectivity index (χ0) is 16.3. The second-order valence-electron chi connectivity index (χ2n) is 5.81. The van der Waals surface area contributed by atoms with Crippen LogP contribution in [0.1, 0.15) is 84.0 Å².